The van der Waals surface area contributed by atoms with Crippen molar-refractivity contribution in [1.29, 1.82) is 0 Å². The lowest BCUT2D eigenvalue weighted by Crippen LogP contribution is -2.43. The van der Waals surface area contributed by atoms with Gasteiger partial charge in [0.2, 0.25) is 0 Å². The normalized spacial score (nSPS) is 17.6. The summed E-state index contributed by atoms with van der Waals surface area (Å²) < 4.78 is 11.1. The van der Waals surface area contributed by atoms with Gasteiger partial charge >= 0.3 is 12.2 Å². The van der Waals surface area contributed by atoms with E-state index in [0.29, 0.717) is 24.1 Å². The van der Waals surface area contributed by atoms with Crippen molar-refractivity contribution in [2.45, 2.75) is 46.3 Å². The number of ketones is 1. The minimum atomic E-state index is -0.761. The second kappa shape index (κ2) is 11.0. The first-order valence-corrected chi connectivity index (χ1v) is 12.4. The number of hydrogen-bond donors (Lipinski definition) is 1. The lowest BCUT2D eigenvalue weighted by molar-refractivity contribution is -0.122. The topological polar surface area (TPSA) is 118 Å². The zero-order valence-electron chi connectivity index (χ0n) is 21.6. The average Bonchev–Trinajstić information content (AvgIpc) is 3.52. The summed E-state index contributed by atoms with van der Waals surface area (Å²) in [6, 6.07) is 11.2. The summed E-state index contributed by atoms with van der Waals surface area (Å²) in [5.41, 5.74) is 1.27. The van der Waals surface area contributed by atoms with E-state index in [0.717, 1.165) is 5.56 Å². The summed E-state index contributed by atoms with van der Waals surface area (Å²) in [6.07, 6.45) is 2.71. The van der Waals surface area contributed by atoms with Crippen LogP contribution >= 0.6 is 0 Å². The predicted octanol–water partition coefficient (Wildman–Crippen LogP) is 4.56. The molecule has 0 unspecified atom stereocenters. The third-order valence-corrected chi connectivity index (χ3v) is 6.29. The van der Waals surface area contributed by atoms with E-state index in [1.807, 2.05) is 37.3 Å². The second-order valence-electron chi connectivity index (χ2n) is 10.2. The Bertz CT molecular complexity index is 1250. The van der Waals surface area contributed by atoms with Gasteiger partial charge in [-0.25, -0.2) is 19.6 Å². The molecule has 1 saturated heterocycles. The van der Waals surface area contributed by atoms with Crippen LogP contribution in [0.5, 0.6) is 0 Å². The summed E-state index contributed by atoms with van der Waals surface area (Å²) in [5, 5.41) is 0. The highest BCUT2D eigenvalue weighted by molar-refractivity contribution is 5.96. The summed E-state index contributed by atoms with van der Waals surface area (Å²) in [5.74, 6) is -0.439. The van der Waals surface area contributed by atoms with E-state index < -0.39 is 23.7 Å². The van der Waals surface area contributed by atoms with Gasteiger partial charge < -0.3 is 19.4 Å². The Morgan fingerprint density at radius 2 is 1.89 bits per heavy atom. The van der Waals surface area contributed by atoms with Gasteiger partial charge in [-0.15, -0.1) is 0 Å². The van der Waals surface area contributed by atoms with E-state index in [4.69, 9.17) is 9.47 Å². The molecule has 37 heavy (non-hydrogen) atoms. The fourth-order valence-corrected chi connectivity index (χ4v) is 4.39. The van der Waals surface area contributed by atoms with E-state index in [2.05, 4.69) is 15.0 Å². The Hall–Kier alpha value is -3.95. The molecule has 10 nitrogen and oxygen atoms in total. The van der Waals surface area contributed by atoms with E-state index >= 15 is 0 Å². The molecule has 1 N–H and O–H groups in total. The van der Waals surface area contributed by atoms with Crippen molar-refractivity contribution in [2.24, 2.45) is 11.8 Å². The lowest BCUT2D eigenvalue weighted by Gasteiger charge is -2.27. The smallest absolute Gasteiger partial charge is 0.416 e. The fourth-order valence-electron chi connectivity index (χ4n) is 4.39. The van der Waals surface area contributed by atoms with Gasteiger partial charge in [-0.2, -0.15) is 0 Å². The molecular formula is C27H33N5O5. The largest absolute Gasteiger partial charge is 0.445 e. The number of likely N-dealkylation sites (tertiary alicyclic amines) is 1. The van der Waals surface area contributed by atoms with Crippen molar-refractivity contribution in [1.82, 2.24) is 19.9 Å². The molecule has 2 atom stereocenters. The Morgan fingerprint density at radius 1 is 1.14 bits per heavy atom. The van der Waals surface area contributed by atoms with Gasteiger partial charge in [0.05, 0.1) is 12.7 Å². The van der Waals surface area contributed by atoms with Crippen LogP contribution in [0.25, 0.3) is 11.2 Å². The number of nitrogens with zero attached hydrogens (tertiary/aromatic N) is 4. The maximum atomic E-state index is 13.5. The standard InChI is InChI=1S/C27H33N5O5/c1-5-19-14-31(25(34)36-17-18-9-7-6-8-10-18)15-20(19)22(33)16-32(26(35)37-27(2,3)4)23-13-29-24-21(30-23)11-12-28-24/h6-13,19-20H,5,14-17H2,1-4H3,(H,28,29)/t19-,20-/m1/s1. The maximum absolute atomic E-state index is 13.5. The molecule has 1 aliphatic heterocycles. The number of hydrogen-bond acceptors (Lipinski definition) is 7. The first-order chi connectivity index (χ1) is 17.6. The van der Waals surface area contributed by atoms with E-state index in [9.17, 15) is 14.4 Å². The highest BCUT2D eigenvalue weighted by atomic mass is 16.6. The molecule has 196 valence electrons. The Labute approximate surface area is 216 Å². The minimum absolute atomic E-state index is 0.0458. The van der Waals surface area contributed by atoms with Crippen LogP contribution in [-0.4, -0.2) is 63.1 Å². The van der Waals surface area contributed by atoms with Gasteiger partial charge in [0, 0.05) is 25.2 Å². The van der Waals surface area contributed by atoms with Crippen molar-refractivity contribution >= 4 is 35.0 Å². The monoisotopic (exact) mass is 507 g/mol. The number of benzene rings is 1. The van der Waals surface area contributed by atoms with Crippen molar-refractivity contribution in [3.8, 4) is 0 Å². The first-order valence-electron chi connectivity index (χ1n) is 12.4. The third kappa shape index (κ3) is 6.44. The summed E-state index contributed by atoms with van der Waals surface area (Å²) in [6.45, 7) is 7.84. The van der Waals surface area contributed by atoms with Gasteiger partial charge in [0.25, 0.3) is 0 Å². The van der Waals surface area contributed by atoms with Gasteiger partial charge in [0.15, 0.2) is 17.2 Å². The van der Waals surface area contributed by atoms with Crippen LogP contribution in [0.4, 0.5) is 15.4 Å². The third-order valence-electron chi connectivity index (χ3n) is 6.29. The zero-order chi connectivity index (χ0) is 26.6. The molecule has 0 radical (unpaired) electrons. The number of aromatic nitrogens is 3. The SMILES string of the molecule is CC[C@@H]1CN(C(=O)OCc2ccccc2)C[C@H]1C(=O)CN(C(=O)OC(C)(C)C)c1cnc2[nH]ccc2n1. The number of nitrogens with one attached hydrogen (secondary N) is 1. The number of anilines is 1. The maximum Gasteiger partial charge on any atom is 0.416 e. The number of rotatable bonds is 7. The quantitative estimate of drug-likeness (QED) is 0.498. The molecule has 10 heteroatoms. The van der Waals surface area contributed by atoms with Crippen molar-refractivity contribution in [2.75, 3.05) is 24.5 Å². The van der Waals surface area contributed by atoms with Gasteiger partial charge in [-0.05, 0) is 38.3 Å². The number of fused-ring (bicyclic) bond motifs is 1. The van der Waals surface area contributed by atoms with Crippen LogP contribution in [0, 0.1) is 11.8 Å². The molecule has 0 bridgehead atoms. The number of Topliss-reactive ketones (excluding diaryl/α,β-unsaturated/α-hetero) is 1. The van der Waals surface area contributed by atoms with Crippen LogP contribution in [0.2, 0.25) is 0 Å². The summed E-state index contributed by atoms with van der Waals surface area (Å²) in [7, 11) is 0. The first kappa shape index (κ1) is 26.1. The number of ether oxygens (including phenoxy) is 2. The number of aromatic amines is 1. The molecule has 1 fully saturated rings. The Balaban J connectivity index is 1.48. The molecule has 4 rings (SSSR count). The van der Waals surface area contributed by atoms with E-state index in [-0.39, 0.29) is 37.2 Å². The van der Waals surface area contributed by atoms with Gasteiger partial charge in [0.1, 0.15) is 17.7 Å². The predicted molar refractivity (Wildman–Crippen MR) is 138 cm³/mol. The minimum Gasteiger partial charge on any atom is -0.445 e. The van der Waals surface area contributed by atoms with Gasteiger partial charge in [-0.3, -0.25) is 9.69 Å². The lowest BCUT2D eigenvalue weighted by atomic mass is 9.90. The number of amides is 2. The second-order valence-corrected chi connectivity index (χ2v) is 10.2. The summed E-state index contributed by atoms with van der Waals surface area (Å²) in [4.78, 5) is 54.0. The van der Waals surface area contributed by atoms with Crippen LogP contribution < -0.4 is 4.90 Å². The zero-order valence-corrected chi connectivity index (χ0v) is 21.6. The average molecular weight is 508 g/mol. The van der Waals surface area contributed by atoms with E-state index in [1.165, 1.54) is 11.1 Å². The van der Waals surface area contributed by atoms with Crippen LogP contribution in [0.1, 0.15) is 39.7 Å². The number of carbonyl (C=O) groups excluding carboxylic acids is 3. The Kier molecular flexibility index (Phi) is 7.75. The van der Waals surface area contributed by atoms with Crippen molar-refractivity contribution < 1.29 is 23.9 Å². The van der Waals surface area contributed by atoms with Crippen molar-refractivity contribution in [3.63, 3.8) is 0 Å². The number of carbonyl (C=O) groups is 3. The van der Waals surface area contributed by atoms with Gasteiger partial charge in [-0.1, -0.05) is 43.7 Å². The molecular weight excluding hydrogens is 474 g/mol. The number of H-pyrrole nitrogens is 1. The van der Waals surface area contributed by atoms with Crippen molar-refractivity contribution in [3.05, 3.63) is 54.4 Å². The molecule has 2 aromatic heterocycles. The van der Waals surface area contributed by atoms with E-state index in [1.54, 1.807) is 37.9 Å². The molecule has 0 spiro atoms. The molecule has 0 saturated carbocycles. The molecule has 3 aromatic rings. The molecule has 1 aromatic carbocycles. The molecule has 1 aliphatic rings. The highest BCUT2D eigenvalue weighted by Gasteiger charge is 2.40. The molecule has 3 heterocycles. The highest BCUT2D eigenvalue weighted by Crippen LogP contribution is 2.29. The molecule has 0 aliphatic carbocycles. The van der Waals surface area contributed by atoms with Crippen LogP contribution in [-0.2, 0) is 20.9 Å². The van der Waals surface area contributed by atoms with Crippen LogP contribution in [0.3, 0.4) is 0 Å². The molecule has 2 amide bonds. The summed E-state index contributed by atoms with van der Waals surface area (Å²) >= 11 is 0. The Morgan fingerprint density at radius 3 is 2.59 bits per heavy atom. The fraction of sp³-hybridized carbons (Fsp3) is 0.444. The van der Waals surface area contributed by atoms with Crippen LogP contribution in [0.15, 0.2) is 48.8 Å².